The van der Waals surface area contributed by atoms with Crippen molar-refractivity contribution in [2.45, 2.75) is 70.4 Å². The van der Waals surface area contributed by atoms with Crippen LogP contribution in [0.3, 0.4) is 0 Å². The number of hydrogen-bond acceptors (Lipinski definition) is 7. The number of nitrogens with one attached hydrogen (secondary N) is 1. The molecule has 2 aliphatic heterocycles. The van der Waals surface area contributed by atoms with E-state index in [1.807, 2.05) is 19.1 Å². The molecular formula is C30H36F3N3O4. The number of anilines is 1. The molecule has 0 aliphatic carbocycles. The molecule has 10 heteroatoms. The monoisotopic (exact) mass is 559 g/mol. The van der Waals surface area contributed by atoms with E-state index in [2.05, 4.69) is 15.5 Å². The maximum absolute atomic E-state index is 15.5. The minimum Gasteiger partial charge on any atom is -0.488 e. The normalized spacial score (nSPS) is 22.4. The number of aromatic nitrogens is 2. The van der Waals surface area contributed by atoms with Crippen molar-refractivity contribution in [1.29, 1.82) is 0 Å². The van der Waals surface area contributed by atoms with Crippen LogP contribution < -0.4 is 14.8 Å². The van der Waals surface area contributed by atoms with E-state index >= 15 is 4.39 Å². The standard InChI is InChI=1S/C30H36F3N3O4/c1-19-15-24-23(16-26(19)40-21-11-14-37-17-21)28-34-20(2)22-9-8-10-25(27(22)31)30(32,33)18-38-12-6-4-3-5-7-13-39-29(24)36-35-28/h8-10,15-16,20-21H,3-7,11-14,17-18H2,1-2H3,(H,34,35)/t20-,21?/m1/s1. The van der Waals surface area contributed by atoms with Crippen molar-refractivity contribution in [3.05, 3.63) is 52.8 Å². The largest absolute Gasteiger partial charge is 0.488 e. The molecule has 40 heavy (non-hydrogen) atoms. The van der Waals surface area contributed by atoms with Gasteiger partial charge >= 0.3 is 0 Å². The van der Waals surface area contributed by atoms with Crippen molar-refractivity contribution in [2.75, 3.05) is 38.4 Å². The quantitative estimate of drug-likeness (QED) is 0.367. The summed E-state index contributed by atoms with van der Waals surface area (Å²) in [5, 5.41) is 13.3. The van der Waals surface area contributed by atoms with E-state index in [-0.39, 0.29) is 18.3 Å². The Hall–Kier alpha value is -3.11. The Labute approximate surface area is 232 Å². The fourth-order valence-electron chi connectivity index (χ4n) is 5.12. The van der Waals surface area contributed by atoms with Gasteiger partial charge in [-0.1, -0.05) is 31.4 Å². The number of halogens is 3. The number of rotatable bonds is 2. The molecule has 3 heterocycles. The highest BCUT2D eigenvalue weighted by Gasteiger charge is 2.36. The Morgan fingerprint density at radius 3 is 2.58 bits per heavy atom. The van der Waals surface area contributed by atoms with Gasteiger partial charge in [-0.15, -0.1) is 10.2 Å². The van der Waals surface area contributed by atoms with E-state index in [9.17, 15) is 8.78 Å². The zero-order chi connectivity index (χ0) is 28.1. The second kappa shape index (κ2) is 12.6. The smallest absolute Gasteiger partial charge is 0.298 e. The third-order valence-corrected chi connectivity index (χ3v) is 7.42. The van der Waals surface area contributed by atoms with Crippen molar-refractivity contribution >= 4 is 16.6 Å². The molecule has 3 aromatic rings. The average Bonchev–Trinajstić information content (AvgIpc) is 3.44. The van der Waals surface area contributed by atoms with Crippen LogP contribution in [0.2, 0.25) is 0 Å². The Balaban J connectivity index is 1.53. The molecule has 0 saturated carbocycles. The summed E-state index contributed by atoms with van der Waals surface area (Å²) in [6.45, 7) is 4.65. The number of nitrogens with zero attached hydrogens (tertiary/aromatic N) is 2. The highest BCUT2D eigenvalue weighted by atomic mass is 19.3. The number of alkyl halides is 2. The van der Waals surface area contributed by atoms with Gasteiger partial charge in [-0.25, -0.2) is 4.39 Å². The summed E-state index contributed by atoms with van der Waals surface area (Å²) in [7, 11) is 0. The SMILES string of the molecule is Cc1cc2c3nnc(c2cc1OC1CCOC1)N[C@H](C)c1cccc(c1F)C(F)(F)COCCCCCCCO3. The lowest BCUT2D eigenvalue weighted by Crippen LogP contribution is -2.24. The van der Waals surface area contributed by atoms with Crippen LogP contribution in [-0.4, -0.2) is 49.3 Å². The van der Waals surface area contributed by atoms with Crippen LogP contribution in [-0.2, 0) is 15.4 Å². The Bertz CT molecular complexity index is 1320. The van der Waals surface area contributed by atoms with Gasteiger partial charge in [0.25, 0.3) is 5.92 Å². The molecule has 0 spiro atoms. The molecule has 4 bridgehead atoms. The first kappa shape index (κ1) is 28.4. The summed E-state index contributed by atoms with van der Waals surface area (Å²) in [6, 6.07) is 7.18. The Morgan fingerprint density at radius 1 is 0.975 bits per heavy atom. The maximum Gasteiger partial charge on any atom is 0.298 e. The molecule has 2 atom stereocenters. The van der Waals surface area contributed by atoms with E-state index in [1.165, 1.54) is 12.1 Å². The van der Waals surface area contributed by atoms with Gasteiger partial charge in [0.2, 0.25) is 5.88 Å². The third-order valence-electron chi connectivity index (χ3n) is 7.42. The second-order valence-electron chi connectivity index (χ2n) is 10.6. The molecule has 5 rings (SSSR count). The van der Waals surface area contributed by atoms with Gasteiger partial charge in [0.05, 0.1) is 31.4 Å². The van der Waals surface area contributed by atoms with Crippen LogP contribution in [0.4, 0.5) is 19.0 Å². The Kier molecular flexibility index (Phi) is 8.95. The predicted molar refractivity (Wildman–Crippen MR) is 146 cm³/mol. The Morgan fingerprint density at radius 2 is 1.77 bits per heavy atom. The van der Waals surface area contributed by atoms with Gasteiger partial charge in [0.15, 0.2) is 5.82 Å². The average molecular weight is 560 g/mol. The van der Waals surface area contributed by atoms with E-state index < -0.39 is 30.0 Å². The fraction of sp³-hybridized carbons (Fsp3) is 0.533. The zero-order valence-electron chi connectivity index (χ0n) is 23.0. The van der Waals surface area contributed by atoms with Crippen LogP contribution in [0.25, 0.3) is 10.8 Å². The van der Waals surface area contributed by atoms with Crippen LogP contribution >= 0.6 is 0 Å². The summed E-state index contributed by atoms with van der Waals surface area (Å²) in [5.74, 6) is -2.97. The van der Waals surface area contributed by atoms with Crippen LogP contribution in [0.1, 0.15) is 68.2 Å². The number of aryl methyl sites for hydroxylation is 1. The molecule has 1 fully saturated rings. The molecule has 216 valence electrons. The topological polar surface area (TPSA) is 74.7 Å². The first-order chi connectivity index (χ1) is 19.3. The minimum absolute atomic E-state index is 0.0497. The number of fused-ring (bicyclic) bond motifs is 8. The summed E-state index contributed by atoms with van der Waals surface area (Å²) in [5.41, 5.74) is 0.320. The highest BCUT2D eigenvalue weighted by Crippen LogP contribution is 2.38. The summed E-state index contributed by atoms with van der Waals surface area (Å²) in [4.78, 5) is 0. The van der Waals surface area contributed by atoms with E-state index in [1.54, 1.807) is 6.92 Å². The fourth-order valence-corrected chi connectivity index (χ4v) is 5.12. The van der Waals surface area contributed by atoms with Crippen LogP contribution in [0, 0.1) is 12.7 Å². The summed E-state index contributed by atoms with van der Waals surface area (Å²) < 4.78 is 68.5. The number of hydrogen-bond donors (Lipinski definition) is 1. The highest BCUT2D eigenvalue weighted by molar-refractivity contribution is 5.96. The van der Waals surface area contributed by atoms with Crippen LogP contribution in [0.15, 0.2) is 30.3 Å². The molecule has 1 unspecified atom stereocenters. The molecule has 2 aliphatic rings. The molecule has 2 aromatic carbocycles. The van der Waals surface area contributed by atoms with Crippen molar-refractivity contribution in [1.82, 2.24) is 10.2 Å². The summed E-state index contributed by atoms with van der Waals surface area (Å²) >= 11 is 0. The van der Waals surface area contributed by atoms with E-state index in [4.69, 9.17) is 18.9 Å². The van der Waals surface area contributed by atoms with Crippen molar-refractivity contribution in [2.24, 2.45) is 0 Å². The molecular weight excluding hydrogens is 523 g/mol. The van der Waals surface area contributed by atoms with E-state index in [0.717, 1.165) is 49.1 Å². The molecule has 0 amide bonds. The lowest BCUT2D eigenvalue weighted by atomic mass is 10.00. The van der Waals surface area contributed by atoms with Crippen molar-refractivity contribution < 1.29 is 32.1 Å². The van der Waals surface area contributed by atoms with Crippen LogP contribution in [0.5, 0.6) is 11.6 Å². The van der Waals surface area contributed by atoms with Gasteiger partial charge < -0.3 is 24.3 Å². The number of ether oxygens (including phenoxy) is 4. The third kappa shape index (κ3) is 6.44. The predicted octanol–water partition coefficient (Wildman–Crippen LogP) is 6.87. The molecule has 1 N–H and O–H groups in total. The van der Waals surface area contributed by atoms with Gasteiger partial charge in [0, 0.05) is 29.4 Å². The molecule has 7 nitrogen and oxygen atoms in total. The lowest BCUT2D eigenvalue weighted by Gasteiger charge is -2.22. The lowest BCUT2D eigenvalue weighted by molar-refractivity contribution is -0.0853. The number of benzene rings is 2. The molecule has 1 aromatic heterocycles. The molecule has 1 saturated heterocycles. The van der Waals surface area contributed by atoms with Gasteiger partial charge in [-0.05, 0) is 50.5 Å². The first-order valence-electron chi connectivity index (χ1n) is 14.0. The van der Waals surface area contributed by atoms with Crippen molar-refractivity contribution in [3.8, 4) is 11.6 Å². The maximum atomic E-state index is 15.5. The minimum atomic E-state index is -3.46. The van der Waals surface area contributed by atoms with Crippen molar-refractivity contribution in [3.63, 3.8) is 0 Å². The van der Waals surface area contributed by atoms with Gasteiger partial charge in [-0.3, -0.25) is 0 Å². The zero-order valence-corrected chi connectivity index (χ0v) is 23.0. The second-order valence-corrected chi connectivity index (χ2v) is 10.6. The van der Waals surface area contributed by atoms with E-state index in [0.29, 0.717) is 49.1 Å². The first-order valence-corrected chi connectivity index (χ1v) is 14.0. The summed E-state index contributed by atoms with van der Waals surface area (Å²) in [6.07, 6.45) is 4.95. The van der Waals surface area contributed by atoms with Gasteiger partial charge in [-0.2, -0.15) is 8.78 Å². The van der Waals surface area contributed by atoms with Gasteiger partial charge in [0.1, 0.15) is 24.3 Å². The molecule has 0 radical (unpaired) electrons.